The Morgan fingerprint density at radius 3 is 2.15 bits per heavy atom. The van der Waals surface area contributed by atoms with E-state index in [0.29, 0.717) is 39.6 Å². The van der Waals surface area contributed by atoms with E-state index in [9.17, 15) is 13.2 Å². The third-order valence-electron chi connectivity index (χ3n) is 4.76. The van der Waals surface area contributed by atoms with Crippen molar-refractivity contribution in [3.05, 3.63) is 89.5 Å². The number of anilines is 1. The number of hydrogen-bond donors (Lipinski definition) is 2. The average Bonchev–Trinajstić information content (AvgIpc) is 2.83. The first-order valence-corrected chi connectivity index (χ1v) is 11.7. The van der Waals surface area contributed by atoms with E-state index in [2.05, 4.69) is 15.2 Å². The van der Waals surface area contributed by atoms with Gasteiger partial charge in [-0.3, -0.25) is 4.79 Å². The number of ether oxygens (including phenoxy) is 2. The minimum Gasteiger partial charge on any atom is -0.493 e. The summed E-state index contributed by atoms with van der Waals surface area (Å²) in [4.78, 5) is 14.8. The number of sulfonamides is 1. The van der Waals surface area contributed by atoms with E-state index in [1.807, 2.05) is 6.07 Å². The van der Waals surface area contributed by atoms with Gasteiger partial charge in [-0.1, -0.05) is 42.5 Å². The third-order valence-corrected chi connectivity index (χ3v) is 5.84. The number of carbonyl (C=O) groups excluding carboxylic acids is 1. The smallest absolute Gasteiger partial charge is 0.255 e. The highest BCUT2D eigenvalue weighted by atomic mass is 32.2. The molecule has 0 heterocycles. The number of carbonyl (C=O) groups is 1. The van der Waals surface area contributed by atoms with Gasteiger partial charge in [0.25, 0.3) is 15.9 Å². The number of nitrogens with one attached hydrogen (secondary N) is 2. The number of hydrazone groups is 1. The van der Waals surface area contributed by atoms with Gasteiger partial charge in [-0.15, -0.1) is 0 Å². The van der Waals surface area contributed by atoms with Crippen molar-refractivity contribution in [1.82, 2.24) is 4.83 Å². The van der Waals surface area contributed by atoms with Crippen LogP contribution in [-0.4, -0.2) is 34.3 Å². The van der Waals surface area contributed by atoms with Crippen molar-refractivity contribution >= 4 is 27.3 Å². The largest absolute Gasteiger partial charge is 0.493 e. The van der Waals surface area contributed by atoms with Crippen molar-refractivity contribution in [2.24, 2.45) is 5.10 Å². The van der Waals surface area contributed by atoms with Crippen LogP contribution in [0.5, 0.6) is 11.5 Å². The molecule has 0 aliphatic rings. The molecule has 8 nitrogen and oxygen atoms in total. The van der Waals surface area contributed by atoms with Crippen molar-refractivity contribution in [3.8, 4) is 11.5 Å². The molecule has 9 heteroatoms. The molecule has 3 aromatic carbocycles. The zero-order valence-electron chi connectivity index (χ0n) is 18.5. The van der Waals surface area contributed by atoms with Gasteiger partial charge in [0.1, 0.15) is 0 Å². The van der Waals surface area contributed by atoms with Crippen molar-refractivity contribution in [1.29, 1.82) is 0 Å². The summed E-state index contributed by atoms with van der Waals surface area (Å²) in [5, 5.41) is 6.81. The normalized spacial score (nSPS) is 11.5. The fourth-order valence-electron chi connectivity index (χ4n) is 3.00. The van der Waals surface area contributed by atoms with Crippen molar-refractivity contribution < 1.29 is 22.7 Å². The van der Waals surface area contributed by atoms with Crippen LogP contribution in [0.1, 0.15) is 28.4 Å². The van der Waals surface area contributed by atoms with Crippen LogP contribution in [0.25, 0.3) is 0 Å². The first kappa shape index (κ1) is 23.8. The van der Waals surface area contributed by atoms with Gasteiger partial charge in [0.2, 0.25) is 0 Å². The second kappa shape index (κ2) is 10.6. The van der Waals surface area contributed by atoms with Gasteiger partial charge in [-0.2, -0.15) is 5.10 Å². The molecule has 0 fully saturated rings. The van der Waals surface area contributed by atoms with Crippen LogP contribution in [-0.2, 0) is 15.8 Å². The fraction of sp³-hybridized carbons (Fsp3) is 0.167. The molecule has 0 unspecified atom stereocenters. The molecule has 0 aromatic heterocycles. The Balaban J connectivity index is 1.64. The van der Waals surface area contributed by atoms with Crippen LogP contribution in [0.3, 0.4) is 0 Å². The molecule has 0 aliphatic heterocycles. The highest BCUT2D eigenvalue weighted by Gasteiger charge is 2.12. The minimum atomic E-state index is -3.62. The summed E-state index contributed by atoms with van der Waals surface area (Å²) in [7, 11) is -0.587. The molecule has 0 spiro atoms. The van der Waals surface area contributed by atoms with E-state index >= 15 is 0 Å². The number of nitrogens with zero attached hydrogens (tertiary/aromatic N) is 1. The quantitative estimate of drug-likeness (QED) is 0.368. The van der Waals surface area contributed by atoms with Gasteiger partial charge in [-0.05, 0) is 48.4 Å². The van der Waals surface area contributed by atoms with Gasteiger partial charge in [0, 0.05) is 11.3 Å². The van der Waals surface area contributed by atoms with E-state index in [0.717, 1.165) is 0 Å². The molecule has 0 atom stereocenters. The first-order valence-electron chi connectivity index (χ1n) is 10.0. The summed E-state index contributed by atoms with van der Waals surface area (Å²) < 4.78 is 34.9. The SMILES string of the molecule is COc1ccc(C(=O)Nc2ccc(/C(C)=N/NS(=O)(=O)Cc3ccccc3)cc2)cc1OC. The van der Waals surface area contributed by atoms with E-state index < -0.39 is 10.0 Å². The maximum absolute atomic E-state index is 12.6. The second-order valence-electron chi connectivity index (χ2n) is 7.13. The first-order chi connectivity index (χ1) is 15.8. The number of methoxy groups -OCH3 is 2. The van der Waals surface area contributed by atoms with Crippen LogP contribution in [0.2, 0.25) is 0 Å². The maximum atomic E-state index is 12.6. The standard InChI is InChI=1S/C24H25N3O5S/c1-17(26-27-33(29,30)16-18-7-5-4-6-8-18)19-9-12-21(13-10-19)25-24(28)20-11-14-22(31-2)23(15-20)32-3/h4-15,27H,16H2,1-3H3,(H,25,28)/b26-17+. The molecular weight excluding hydrogens is 442 g/mol. The summed E-state index contributed by atoms with van der Waals surface area (Å²) in [6, 6.07) is 20.7. The van der Waals surface area contributed by atoms with Gasteiger partial charge in [-0.25, -0.2) is 13.2 Å². The Bertz CT molecular complexity index is 1240. The molecule has 3 rings (SSSR count). The summed E-state index contributed by atoms with van der Waals surface area (Å²) in [6.07, 6.45) is 0. The zero-order valence-corrected chi connectivity index (χ0v) is 19.3. The molecule has 0 bridgehead atoms. The van der Waals surface area contributed by atoms with E-state index in [-0.39, 0.29) is 11.7 Å². The van der Waals surface area contributed by atoms with Gasteiger partial charge in [0.15, 0.2) is 11.5 Å². The molecule has 0 radical (unpaired) electrons. The Morgan fingerprint density at radius 1 is 0.879 bits per heavy atom. The lowest BCUT2D eigenvalue weighted by Gasteiger charge is -2.10. The lowest BCUT2D eigenvalue weighted by Crippen LogP contribution is -2.21. The number of benzene rings is 3. The highest BCUT2D eigenvalue weighted by molar-refractivity contribution is 7.88. The van der Waals surface area contributed by atoms with Gasteiger partial charge in [0.05, 0.1) is 25.7 Å². The van der Waals surface area contributed by atoms with E-state index in [4.69, 9.17) is 9.47 Å². The molecule has 0 saturated heterocycles. The van der Waals surface area contributed by atoms with Crippen LogP contribution in [0.15, 0.2) is 77.9 Å². The zero-order chi connectivity index (χ0) is 23.8. The van der Waals surface area contributed by atoms with Gasteiger partial charge < -0.3 is 14.8 Å². The topological polar surface area (TPSA) is 106 Å². The fourth-order valence-corrected chi connectivity index (χ4v) is 3.98. The van der Waals surface area contributed by atoms with E-state index in [1.165, 1.54) is 14.2 Å². The van der Waals surface area contributed by atoms with Crippen LogP contribution >= 0.6 is 0 Å². The molecule has 172 valence electrons. The molecule has 33 heavy (non-hydrogen) atoms. The summed E-state index contributed by atoms with van der Waals surface area (Å²) >= 11 is 0. The van der Waals surface area contributed by atoms with Crippen molar-refractivity contribution in [3.63, 3.8) is 0 Å². The molecule has 2 N–H and O–H groups in total. The number of hydrogen-bond acceptors (Lipinski definition) is 6. The number of rotatable bonds is 9. The second-order valence-corrected chi connectivity index (χ2v) is 8.84. The summed E-state index contributed by atoms with van der Waals surface area (Å²) in [5.74, 6) is 0.531. The highest BCUT2D eigenvalue weighted by Crippen LogP contribution is 2.27. The van der Waals surface area contributed by atoms with Crippen LogP contribution in [0.4, 0.5) is 5.69 Å². The maximum Gasteiger partial charge on any atom is 0.255 e. The number of amides is 1. The van der Waals surface area contributed by atoms with Crippen molar-refractivity contribution in [2.75, 3.05) is 19.5 Å². The summed E-state index contributed by atoms with van der Waals surface area (Å²) in [6.45, 7) is 1.70. The molecule has 0 saturated carbocycles. The van der Waals surface area contributed by atoms with Crippen LogP contribution < -0.4 is 19.6 Å². The van der Waals surface area contributed by atoms with Crippen LogP contribution in [0, 0.1) is 0 Å². The predicted molar refractivity (Wildman–Crippen MR) is 128 cm³/mol. The monoisotopic (exact) mass is 467 g/mol. The molecular formula is C24H25N3O5S. The Morgan fingerprint density at radius 2 is 1.52 bits per heavy atom. The van der Waals surface area contributed by atoms with E-state index in [1.54, 1.807) is 73.7 Å². The average molecular weight is 468 g/mol. The Hall–Kier alpha value is -3.85. The van der Waals surface area contributed by atoms with Crippen molar-refractivity contribution in [2.45, 2.75) is 12.7 Å². The summed E-state index contributed by atoms with van der Waals surface area (Å²) in [5.41, 5.74) is 2.87. The third kappa shape index (κ3) is 6.56. The minimum absolute atomic E-state index is 0.161. The van der Waals surface area contributed by atoms with Gasteiger partial charge >= 0.3 is 0 Å². The Labute approximate surface area is 193 Å². The lowest BCUT2D eigenvalue weighted by molar-refractivity contribution is 0.102. The molecule has 3 aromatic rings. The molecule has 1 amide bonds. The lowest BCUT2D eigenvalue weighted by atomic mass is 10.1. The predicted octanol–water partition coefficient (Wildman–Crippen LogP) is 3.80. The molecule has 0 aliphatic carbocycles. The Kier molecular flexibility index (Phi) is 7.68.